The molecule has 4 nitrogen and oxygen atoms in total. The summed E-state index contributed by atoms with van der Waals surface area (Å²) in [6.07, 6.45) is 0. The third kappa shape index (κ3) is 3.76. The van der Waals surface area contributed by atoms with E-state index in [0.29, 0.717) is 11.7 Å². The lowest BCUT2D eigenvalue weighted by molar-refractivity contribution is -0.119. The highest BCUT2D eigenvalue weighted by Crippen LogP contribution is 2.20. The summed E-state index contributed by atoms with van der Waals surface area (Å²) in [7, 11) is 0. The summed E-state index contributed by atoms with van der Waals surface area (Å²) in [4.78, 5) is 19.5. The summed E-state index contributed by atoms with van der Waals surface area (Å²) in [6.45, 7) is 8.27. The number of nitrogens with one attached hydrogen (secondary N) is 2. The van der Waals surface area contributed by atoms with Gasteiger partial charge in [0.15, 0.2) is 5.16 Å². The number of carbonyl (C=O) groups excluding carboxylic acids is 1. The topological polar surface area (TPSA) is 57.8 Å². The van der Waals surface area contributed by atoms with Crippen molar-refractivity contribution in [2.75, 3.05) is 5.75 Å². The number of nitrogens with zero attached hydrogens (tertiary/aromatic N) is 1. The third-order valence-corrected chi connectivity index (χ3v) is 4.22. The van der Waals surface area contributed by atoms with Crippen LogP contribution in [0.2, 0.25) is 0 Å². The number of thioether (sulfide) groups is 1. The lowest BCUT2D eigenvalue weighted by Crippen LogP contribution is -2.37. The zero-order valence-corrected chi connectivity index (χ0v) is 13.2. The molecule has 2 aromatic rings. The first-order valence-electron chi connectivity index (χ1n) is 6.84. The van der Waals surface area contributed by atoms with Crippen molar-refractivity contribution in [3.05, 3.63) is 23.8 Å². The molecule has 1 aromatic carbocycles. The van der Waals surface area contributed by atoms with Gasteiger partial charge in [-0.05, 0) is 37.5 Å². The van der Waals surface area contributed by atoms with Crippen molar-refractivity contribution in [1.29, 1.82) is 0 Å². The van der Waals surface area contributed by atoms with Crippen LogP contribution >= 0.6 is 11.8 Å². The molecule has 1 unspecified atom stereocenters. The number of fused-ring (bicyclic) bond motifs is 1. The number of rotatable bonds is 5. The highest BCUT2D eigenvalue weighted by atomic mass is 32.2. The summed E-state index contributed by atoms with van der Waals surface area (Å²) < 4.78 is 0. The average molecular weight is 291 g/mol. The number of aromatic amines is 1. The molecule has 0 fully saturated rings. The van der Waals surface area contributed by atoms with Gasteiger partial charge in [-0.15, -0.1) is 0 Å². The van der Waals surface area contributed by atoms with Crippen molar-refractivity contribution in [3.8, 4) is 0 Å². The number of H-pyrrole nitrogens is 1. The first kappa shape index (κ1) is 14.9. The Labute approximate surface area is 123 Å². The van der Waals surface area contributed by atoms with Crippen molar-refractivity contribution in [2.45, 2.75) is 38.9 Å². The van der Waals surface area contributed by atoms with Gasteiger partial charge < -0.3 is 10.3 Å². The second-order valence-corrected chi connectivity index (χ2v) is 6.42. The average Bonchev–Trinajstić information content (AvgIpc) is 2.78. The van der Waals surface area contributed by atoms with Crippen molar-refractivity contribution in [2.24, 2.45) is 5.92 Å². The second-order valence-electron chi connectivity index (χ2n) is 5.45. The third-order valence-electron chi connectivity index (χ3n) is 3.34. The van der Waals surface area contributed by atoms with Crippen molar-refractivity contribution in [1.82, 2.24) is 15.3 Å². The van der Waals surface area contributed by atoms with Gasteiger partial charge in [0.1, 0.15) is 0 Å². The first-order valence-corrected chi connectivity index (χ1v) is 7.83. The van der Waals surface area contributed by atoms with Gasteiger partial charge in [0.05, 0.1) is 16.8 Å². The second kappa shape index (κ2) is 6.31. The molecule has 0 saturated heterocycles. The molecule has 1 atom stereocenters. The Morgan fingerprint density at radius 2 is 2.15 bits per heavy atom. The van der Waals surface area contributed by atoms with E-state index in [2.05, 4.69) is 35.2 Å². The Kier molecular flexibility index (Phi) is 4.70. The molecule has 0 bridgehead atoms. The van der Waals surface area contributed by atoms with Gasteiger partial charge in [-0.25, -0.2) is 4.98 Å². The molecule has 0 saturated carbocycles. The van der Waals surface area contributed by atoms with E-state index in [1.54, 1.807) is 0 Å². The van der Waals surface area contributed by atoms with E-state index in [9.17, 15) is 4.79 Å². The molecular formula is C15H21N3OS. The number of aromatic nitrogens is 2. The monoisotopic (exact) mass is 291 g/mol. The molecule has 5 heteroatoms. The molecular weight excluding hydrogens is 270 g/mol. The van der Waals surface area contributed by atoms with Crippen LogP contribution in [0.5, 0.6) is 0 Å². The summed E-state index contributed by atoms with van der Waals surface area (Å²) >= 11 is 1.44. The van der Waals surface area contributed by atoms with Crippen molar-refractivity contribution >= 4 is 28.7 Å². The quantitative estimate of drug-likeness (QED) is 0.832. The minimum Gasteiger partial charge on any atom is -0.353 e. The van der Waals surface area contributed by atoms with Gasteiger partial charge in [-0.2, -0.15) is 0 Å². The molecule has 2 rings (SSSR count). The minimum atomic E-state index is 0.0489. The smallest absolute Gasteiger partial charge is 0.230 e. The standard InChI is InChI=1S/C15H21N3OS/c1-9(2)11(4)16-14(19)8-20-15-17-12-6-5-10(3)7-13(12)18-15/h5-7,9,11H,8H2,1-4H3,(H,16,19)(H,17,18). The van der Waals surface area contributed by atoms with Gasteiger partial charge >= 0.3 is 0 Å². The largest absolute Gasteiger partial charge is 0.353 e. The zero-order valence-electron chi connectivity index (χ0n) is 12.4. The van der Waals surface area contributed by atoms with Crippen LogP contribution in [0.25, 0.3) is 11.0 Å². The van der Waals surface area contributed by atoms with Crippen LogP contribution in [0.1, 0.15) is 26.3 Å². The number of hydrogen-bond donors (Lipinski definition) is 2. The van der Waals surface area contributed by atoms with Crippen molar-refractivity contribution in [3.63, 3.8) is 0 Å². The fourth-order valence-corrected chi connectivity index (χ4v) is 2.46. The van der Waals surface area contributed by atoms with Crippen LogP contribution in [0.15, 0.2) is 23.4 Å². The minimum absolute atomic E-state index is 0.0489. The van der Waals surface area contributed by atoms with Gasteiger partial charge in [0, 0.05) is 6.04 Å². The van der Waals surface area contributed by atoms with E-state index in [4.69, 9.17) is 0 Å². The number of imidazole rings is 1. The molecule has 0 aliphatic heterocycles. The first-order chi connectivity index (χ1) is 9.45. The van der Waals surface area contributed by atoms with E-state index >= 15 is 0 Å². The normalized spacial score (nSPS) is 12.8. The van der Waals surface area contributed by atoms with E-state index in [1.807, 2.05) is 26.0 Å². The molecule has 2 N–H and O–H groups in total. The number of hydrogen-bond acceptors (Lipinski definition) is 3. The van der Waals surface area contributed by atoms with Crippen LogP contribution in [0.4, 0.5) is 0 Å². The predicted molar refractivity (Wildman–Crippen MR) is 84.0 cm³/mol. The molecule has 0 spiro atoms. The summed E-state index contributed by atoms with van der Waals surface area (Å²) in [5.74, 6) is 0.876. The Morgan fingerprint density at radius 3 is 2.85 bits per heavy atom. The summed E-state index contributed by atoms with van der Waals surface area (Å²) in [5.41, 5.74) is 3.15. The fourth-order valence-electron chi connectivity index (χ4n) is 1.76. The Balaban J connectivity index is 1.94. The number of aryl methyl sites for hydroxylation is 1. The number of amides is 1. The van der Waals surface area contributed by atoms with Crippen LogP contribution in [-0.2, 0) is 4.79 Å². The van der Waals surface area contributed by atoms with Gasteiger partial charge in [-0.1, -0.05) is 31.7 Å². The maximum atomic E-state index is 11.8. The lowest BCUT2D eigenvalue weighted by atomic mass is 10.1. The van der Waals surface area contributed by atoms with Crippen molar-refractivity contribution < 1.29 is 4.79 Å². The Hall–Kier alpha value is -1.49. The van der Waals surface area contributed by atoms with Gasteiger partial charge in [0.2, 0.25) is 5.91 Å². The lowest BCUT2D eigenvalue weighted by Gasteiger charge is -2.16. The van der Waals surface area contributed by atoms with E-state index in [0.717, 1.165) is 16.2 Å². The molecule has 0 aliphatic carbocycles. The number of benzene rings is 1. The maximum Gasteiger partial charge on any atom is 0.230 e. The SMILES string of the molecule is Cc1ccc2nc(SCC(=O)NC(C)C(C)C)[nH]c2c1. The predicted octanol–water partition coefficient (Wildman–Crippen LogP) is 3.12. The van der Waals surface area contributed by atoms with E-state index < -0.39 is 0 Å². The summed E-state index contributed by atoms with van der Waals surface area (Å²) in [5, 5.41) is 3.78. The van der Waals surface area contributed by atoms with Crippen LogP contribution in [0.3, 0.4) is 0 Å². The highest BCUT2D eigenvalue weighted by Gasteiger charge is 2.12. The van der Waals surface area contributed by atoms with Crippen LogP contribution < -0.4 is 5.32 Å². The van der Waals surface area contributed by atoms with Gasteiger partial charge in [0.25, 0.3) is 0 Å². The molecule has 1 amide bonds. The Bertz CT molecular complexity index is 606. The molecule has 0 aliphatic rings. The zero-order chi connectivity index (χ0) is 14.7. The van der Waals surface area contributed by atoms with Crippen LogP contribution in [0, 0.1) is 12.8 Å². The van der Waals surface area contributed by atoms with Gasteiger partial charge in [-0.3, -0.25) is 4.79 Å². The van der Waals surface area contributed by atoms with E-state index in [-0.39, 0.29) is 11.9 Å². The molecule has 108 valence electrons. The molecule has 1 aromatic heterocycles. The Morgan fingerprint density at radius 1 is 1.40 bits per heavy atom. The maximum absolute atomic E-state index is 11.8. The van der Waals surface area contributed by atoms with E-state index in [1.165, 1.54) is 17.3 Å². The van der Waals surface area contributed by atoms with Crippen LogP contribution in [-0.4, -0.2) is 27.7 Å². The fraction of sp³-hybridized carbons (Fsp3) is 0.467. The molecule has 0 radical (unpaired) electrons. The highest BCUT2D eigenvalue weighted by molar-refractivity contribution is 7.99. The summed E-state index contributed by atoms with van der Waals surface area (Å²) in [6, 6.07) is 6.29. The molecule has 20 heavy (non-hydrogen) atoms. The number of carbonyl (C=O) groups is 1. The molecule has 1 heterocycles.